The van der Waals surface area contributed by atoms with Gasteiger partial charge in [-0.2, -0.15) is 0 Å². The fraction of sp³-hybridized carbons (Fsp3) is 0.304. The Kier molecular flexibility index (Phi) is 4.32. The molecule has 2 aromatic carbocycles. The third-order valence-electron chi connectivity index (χ3n) is 5.09. The minimum atomic E-state index is -1.86. The Labute approximate surface area is 157 Å². The Bertz CT molecular complexity index is 807. The van der Waals surface area contributed by atoms with Gasteiger partial charge in [0, 0.05) is 26.5 Å². The highest BCUT2D eigenvalue weighted by atomic mass is 32.3. The van der Waals surface area contributed by atoms with Crippen LogP contribution in [0.1, 0.15) is 33.6 Å². The lowest BCUT2D eigenvalue weighted by Crippen LogP contribution is -2.34. The van der Waals surface area contributed by atoms with Gasteiger partial charge in [-0.1, -0.05) is 52.3 Å². The molecule has 0 unspecified atom stereocenters. The van der Waals surface area contributed by atoms with Crippen LogP contribution in [0.2, 0.25) is 0 Å². The summed E-state index contributed by atoms with van der Waals surface area (Å²) in [6.45, 7) is 6.68. The molecule has 26 heavy (non-hydrogen) atoms. The standard InChI is InChI=1S/C23H25O2S/c1-23(2,3)26(18-10-6-4-7-11-18,19-12-8-5-9-13-19)25-21-15-14-17-16-20(17)22(21)24/h4-13,16,21H,14-15H2,1-3H3/t21-/m0/s1. The predicted octanol–water partition coefficient (Wildman–Crippen LogP) is 5.89. The first-order valence-electron chi connectivity index (χ1n) is 9.17. The summed E-state index contributed by atoms with van der Waals surface area (Å²) < 4.78 is 6.75. The van der Waals surface area contributed by atoms with Gasteiger partial charge < -0.3 is 4.18 Å². The number of Topliss-reactive ketones (excluding diaryl/α,β-unsaturated/α-hetero) is 1. The van der Waals surface area contributed by atoms with E-state index in [0.717, 1.165) is 18.4 Å². The van der Waals surface area contributed by atoms with Crippen molar-refractivity contribution in [1.82, 2.24) is 0 Å². The lowest BCUT2D eigenvalue weighted by molar-refractivity contribution is -0.121. The molecule has 0 saturated heterocycles. The van der Waals surface area contributed by atoms with E-state index in [9.17, 15) is 4.79 Å². The van der Waals surface area contributed by atoms with E-state index >= 15 is 0 Å². The van der Waals surface area contributed by atoms with Gasteiger partial charge in [-0.3, -0.25) is 4.79 Å². The molecule has 1 atom stereocenters. The molecule has 0 bridgehead atoms. The Balaban J connectivity index is 1.85. The van der Waals surface area contributed by atoms with E-state index in [1.54, 1.807) is 0 Å². The third kappa shape index (κ3) is 2.83. The Hall–Kier alpha value is -1.84. The van der Waals surface area contributed by atoms with Crippen molar-refractivity contribution in [3.63, 3.8) is 0 Å². The van der Waals surface area contributed by atoms with Crippen LogP contribution in [0.15, 0.2) is 81.6 Å². The Morgan fingerprint density at radius 2 is 1.46 bits per heavy atom. The molecule has 0 aromatic heterocycles. The average molecular weight is 366 g/mol. The van der Waals surface area contributed by atoms with Crippen molar-refractivity contribution in [3.05, 3.63) is 78.2 Å². The van der Waals surface area contributed by atoms with E-state index in [2.05, 4.69) is 69.3 Å². The van der Waals surface area contributed by atoms with E-state index < -0.39 is 10.3 Å². The summed E-state index contributed by atoms with van der Waals surface area (Å²) in [7, 11) is -1.86. The summed E-state index contributed by atoms with van der Waals surface area (Å²) in [6.07, 6.45) is 3.39. The Morgan fingerprint density at radius 3 is 1.96 bits per heavy atom. The molecular formula is C23H25O2S. The lowest BCUT2D eigenvalue weighted by atomic mass is 10.0. The molecule has 0 heterocycles. The molecule has 0 N–H and O–H groups in total. The summed E-state index contributed by atoms with van der Waals surface area (Å²) in [5, 5.41) is 0. The zero-order valence-electron chi connectivity index (χ0n) is 15.6. The third-order valence-corrected chi connectivity index (χ3v) is 9.21. The van der Waals surface area contributed by atoms with Crippen LogP contribution in [0.25, 0.3) is 0 Å². The average Bonchev–Trinajstić information content (AvgIpc) is 3.42. The molecule has 2 aromatic rings. The van der Waals surface area contributed by atoms with Crippen LogP contribution in [-0.4, -0.2) is 16.6 Å². The SMILES string of the molecule is CC(C)(C)S(O[C@H]1CCC2=C([CH]2)C1=O)(c1ccccc1)c1ccccc1. The summed E-state index contributed by atoms with van der Waals surface area (Å²) >= 11 is 0. The van der Waals surface area contributed by atoms with E-state index in [1.165, 1.54) is 15.4 Å². The lowest BCUT2D eigenvalue weighted by Gasteiger charge is -2.51. The maximum absolute atomic E-state index is 12.8. The van der Waals surface area contributed by atoms with Crippen molar-refractivity contribution in [2.24, 2.45) is 0 Å². The summed E-state index contributed by atoms with van der Waals surface area (Å²) in [5.41, 5.74) is 2.13. The number of allylic oxidation sites excluding steroid dienone is 1. The van der Waals surface area contributed by atoms with Gasteiger partial charge in [-0.15, -0.1) is 0 Å². The highest BCUT2D eigenvalue weighted by molar-refractivity contribution is 8.31. The second kappa shape index (κ2) is 6.40. The highest BCUT2D eigenvalue weighted by Crippen LogP contribution is 2.72. The molecule has 0 fully saturated rings. The molecule has 4 rings (SSSR count). The molecule has 2 aliphatic carbocycles. The second-order valence-corrected chi connectivity index (χ2v) is 11.3. The molecule has 135 valence electrons. The second-order valence-electron chi connectivity index (χ2n) is 7.87. The van der Waals surface area contributed by atoms with Crippen LogP contribution >= 0.6 is 10.3 Å². The van der Waals surface area contributed by atoms with Gasteiger partial charge in [-0.25, -0.2) is 0 Å². The van der Waals surface area contributed by atoms with Crippen LogP contribution in [0, 0.1) is 6.42 Å². The van der Waals surface area contributed by atoms with Gasteiger partial charge >= 0.3 is 0 Å². The molecule has 2 nitrogen and oxygen atoms in total. The molecule has 0 spiro atoms. The van der Waals surface area contributed by atoms with Gasteiger partial charge in [0.25, 0.3) is 0 Å². The van der Waals surface area contributed by atoms with Crippen molar-refractivity contribution in [2.75, 3.05) is 0 Å². The topological polar surface area (TPSA) is 26.3 Å². The number of carbonyl (C=O) groups excluding carboxylic acids is 1. The number of hydrogen-bond donors (Lipinski definition) is 0. The first-order valence-corrected chi connectivity index (χ1v) is 10.7. The zero-order valence-corrected chi connectivity index (χ0v) is 16.4. The predicted molar refractivity (Wildman–Crippen MR) is 107 cm³/mol. The van der Waals surface area contributed by atoms with Crippen LogP contribution in [-0.2, 0) is 8.98 Å². The summed E-state index contributed by atoms with van der Waals surface area (Å²) in [5.74, 6) is 0.166. The van der Waals surface area contributed by atoms with Crippen LogP contribution < -0.4 is 0 Å². The van der Waals surface area contributed by atoms with Crippen LogP contribution in [0.5, 0.6) is 0 Å². The van der Waals surface area contributed by atoms with Gasteiger partial charge in [-0.05, 0) is 57.9 Å². The number of ketones is 1. The monoisotopic (exact) mass is 365 g/mol. The maximum Gasteiger partial charge on any atom is 0.189 e. The van der Waals surface area contributed by atoms with Gasteiger partial charge in [0.15, 0.2) is 5.78 Å². The maximum atomic E-state index is 12.8. The first kappa shape index (κ1) is 17.6. The number of hydrogen-bond acceptors (Lipinski definition) is 2. The van der Waals surface area contributed by atoms with Crippen molar-refractivity contribution < 1.29 is 8.98 Å². The van der Waals surface area contributed by atoms with Gasteiger partial charge in [0.05, 0.1) is 0 Å². The molecular weight excluding hydrogens is 340 g/mol. The molecule has 0 amide bonds. The highest BCUT2D eigenvalue weighted by Gasteiger charge is 2.47. The molecule has 0 saturated carbocycles. The van der Waals surface area contributed by atoms with Crippen LogP contribution in [0.4, 0.5) is 0 Å². The van der Waals surface area contributed by atoms with Crippen LogP contribution in [0.3, 0.4) is 0 Å². The van der Waals surface area contributed by atoms with Crippen molar-refractivity contribution >= 4 is 16.1 Å². The molecule has 2 aliphatic rings. The van der Waals surface area contributed by atoms with Crippen molar-refractivity contribution in [1.29, 1.82) is 0 Å². The summed E-state index contributed by atoms with van der Waals surface area (Å²) in [6, 6.07) is 20.9. The molecule has 3 heteroatoms. The smallest absolute Gasteiger partial charge is 0.189 e. The normalized spacial score (nSPS) is 20.7. The molecule has 0 aliphatic heterocycles. The minimum Gasteiger partial charge on any atom is -0.316 e. The fourth-order valence-corrected chi connectivity index (χ4v) is 7.56. The summed E-state index contributed by atoms with van der Waals surface area (Å²) in [4.78, 5) is 15.2. The largest absolute Gasteiger partial charge is 0.316 e. The van der Waals surface area contributed by atoms with E-state index in [-0.39, 0.29) is 16.6 Å². The first-order chi connectivity index (χ1) is 12.4. The van der Waals surface area contributed by atoms with Gasteiger partial charge in [0.1, 0.15) is 6.10 Å². The van der Waals surface area contributed by atoms with Gasteiger partial charge in [0.2, 0.25) is 0 Å². The van der Waals surface area contributed by atoms with E-state index in [0.29, 0.717) is 0 Å². The number of benzene rings is 2. The number of carbonyl (C=O) groups is 1. The zero-order chi connectivity index (χ0) is 18.4. The Morgan fingerprint density at radius 1 is 0.923 bits per heavy atom. The fourth-order valence-electron chi connectivity index (χ4n) is 3.75. The van der Waals surface area contributed by atoms with E-state index in [1.807, 2.05) is 18.6 Å². The van der Waals surface area contributed by atoms with Crippen molar-refractivity contribution in [3.8, 4) is 0 Å². The quantitative estimate of drug-likeness (QED) is 0.676. The number of rotatable bonds is 4. The van der Waals surface area contributed by atoms with E-state index in [4.69, 9.17) is 4.18 Å². The van der Waals surface area contributed by atoms with Crippen molar-refractivity contribution in [2.45, 2.75) is 54.3 Å². The minimum absolute atomic E-state index is 0.155. The molecule has 1 radical (unpaired) electrons.